The van der Waals surface area contributed by atoms with Gasteiger partial charge in [0.05, 0.1) is 0 Å². The van der Waals surface area contributed by atoms with Crippen LogP contribution in [0.5, 0.6) is 0 Å². The van der Waals surface area contributed by atoms with E-state index in [0.717, 1.165) is 0 Å². The summed E-state index contributed by atoms with van der Waals surface area (Å²) in [6.45, 7) is 0. The molecule has 0 aliphatic carbocycles. The van der Waals surface area contributed by atoms with Crippen LogP contribution < -0.4 is 6.15 Å². The van der Waals surface area contributed by atoms with E-state index in [4.69, 9.17) is 0 Å². The molecule has 0 aliphatic heterocycles. The Labute approximate surface area is 65.5 Å². The zero-order valence-electron chi connectivity index (χ0n) is 1.92. The summed E-state index contributed by atoms with van der Waals surface area (Å²) in [6.07, 6.45) is 0. The molecule has 0 atom stereocenters. The van der Waals surface area contributed by atoms with Gasteiger partial charge < -0.3 is 6.15 Å². The molecule has 0 unspecified atom stereocenters. The van der Waals surface area contributed by atoms with Gasteiger partial charge >= 0.3 is 0 Å². The molecule has 0 spiro atoms. The van der Waals surface area contributed by atoms with Crippen molar-refractivity contribution < 1.29 is 59.9 Å². The summed E-state index contributed by atoms with van der Waals surface area (Å²) in [5.74, 6) is 0. The molecule has 0 fully saturated rings. The Morgan fingerprint density at radius 1 is 1.00 bits per heavy atom. The van der Waals surface area contributed by atoms with Crippen LogP contribution >= 0.6 is 0 Å². The molecule has 0 amide bonds. The molecule has 4 heteroatoms. The number of rotatable bonds is 0. The van der Waals surface area contributed by atoms with Gasteiger partial charge in [-0.15, -0.1) is 0 Å². The van der Waals surface area contributed by atoms with Crippen LogP contribution in [-0.2, 0) is 59.9 Å². The Bertz CT molecular complexity index is 8.00. The first-order valence-corrected chi connectivity index (χ1v) is 0. The molecule has 0 heterocycles. The van der Waals surface area contributed by atoms with E-state index in [1.807, 2.05) is 0 Å². The van der Waals surface area contributed by atoms with Crippen LogP contribution in [0.25, 0.3) is 0 Å². The van der Waals surface area contributed by atoms with Gasteiger partial charge in [0.15, 0.2) is 0 Å². The summed E-state index contributed by atoms with van der Waals surface area (Å²) < 4.78 is 0. The zero-order chi connectivity index (χ0) is 0. The average molecular weight is 224 g/mol. The molecule has 0 saturated heterocycles. The molecule has 0 saturated carbocycles. The topological polar surface area (TPSA) is 35.0 Å². The average Bonchev–Trinajstić information content (AvgIpc) is 0. The van der Waals surface area contributed by atoms with E-state index >= 15 is 0 Å². The predicted molar refractivity (Wildman–Crippen MR) is 5.02 cm³/mol. The van der Waals surface area contributed by atoms with Crippen molar-refractivity contribution in [3.63, 3.8) is 0 Å². The maximum Gasteiger partial charge on any atom is 0 e. The minimum Gasteiger partial charge on any atom is -0.344 e. The molecule has 0 aliphatic rings. The molecule has 0 bridgehead atoms. The SMILES string of the molecule is N.[Cu].[Mo].[Ti]. The van der Waals surface area contributed by atoms with Gasteiger partial charge in [-0.2, -0.15) is 0 Å². The zero-order valence-corrected chi connectivity index (χ0v) is 6.43. The van der Waals surface area contributed by atoms with Gasteiger partial charge in [-0.1, -0.05) is 0 Å². The fourth-order valence-electron chi connectivity index (χ4n) is 0. The molecule has 0 aromatic heterocycles. The van der Waals surface area contributed by atoms with Crippen molar-refractivity contribution in [2.45, 2.75) is 0 Å². The van der Waals surface area contributed by atoms with E-state index in [9.17, 15) is 0 Å². The normalized spacial score (nSPS) is 0. The van der Waals surface area contributed by atoms with Crippen LogP contribution in [0.3, 0.4) is 0 Å². The first-order chi connectivity index (χ1) is 0. The maximum absolute atomic E-state index is 0. The molecule has 0 aromatic rings. The van der Waals surface area contributed by atoms with Crippen molar-refractivity contribution in [2.24, 2.45) is 0 Å². The minimum absolute atomic E-state index is 0. The molecule has 1 radical (unpaired) electrons. The van der Waals surface area contributed by atoms with Crippen molar-refractivity contribution in [3.8, 4) is 0 Å². The van der Waals surface area contributed by atoms with E-state index in [1.54, 1.807) is 0 Å². The van der Waals surface area contributed by atoms with Gasteiger partial charge in [-0.25, -0.2) is 0 Å². The molecule has 29 valence electrons. The van der Waals surface area contributed by atoms with Crippen LogP contribution in [0.1, 0.15) is 0 Å². The Morgan fingerprint density at radius 2 is 1.00 bits per heavy atom. The molecular formula is H3CuMoNTi. The van der Waals surface area contributed by atoms with E-state index in [-0.39, 0.29) is 66.0 Å². The summed E-state index contributed by atoms with van der Waals surface area (Å²) in [5, 5.41) is 0. The molecule has 1 nitrogen and oxygen atoms in total. The van der Waals surface area contributed by atoms with Crippen molar-refractivity contribution in [1.29, 1.82) is 0 Å². The van der Waals surface area contributed by atoms with E-state index < -0.39 is 0 Å². The van der Waals surface area contributed by atoms with Gasteiger partial charge in [0, 0.05) is 59.9 Å². The predicted octanol–water partition coefficient (Wildman–Crippen LogP) is 0.154. The van der Waals surface area contributed by atoms with Crippen molar-refractivity contribution in [2.75, 3.05) is 0 Å². The van der Waals surface area contributed by atoms with Crippen LogP contribution in [-0.4, -0.2) is 0 Å². The van der Waals surface area contributed by atoms with Gasteiger partial charge in [-0.3, -0.25) is 0 Å². The Kier molecular flexibility index (Phi) is 206. The van der Waals surface area contributed by atoms with Gasteiger partial charge in [-0.05, 0) is 0 Å². The van der Waals surface area contributed by atoms with Crippen LogP contribution in [0.15, 0.2) is 0 Å². The van der Waals surface area contributed by atoms with E-state index in [2.05, 4.69) is 0 Å². The summed E-state index contributed by atoms with van der Waals surface area (Å²) in [4.78, 5) is 0. The first kappa shape index (κ1) is 39.6. The Balaban J connectivity index is 0. The summed E-state index contributed by atoms with van der Waals surface area (Å²) in [7, 11) is 0. The second-order valence-corrected chi connectivity index (χ2v) is 0. The third kappa shape index (κ3) is 9.10. The van der Waals surface area contributed by atoms with E-state index in [1.165, 1.54) is 0 Å². The third-order valence-corrected chi connectivity index (χ3v) is 0. The maximum atomic E-state index is 0. The molecule has 0 rings (SSSR count). The van der Waals surface area contributed by atoms with Crippen LogP contribution in [0.4, 0.5) is 0 Å². The largest absolute Gasteiger partial charge is 0.344 e. The summed E-state index contributed by atoms with van der Waals surface area (Å²) >= 11 is 0. The summed E-state index contributed by atoms with van der Waals surface area (Å²) in [6, 6.07) is 0. The van der Waals surface area contributed by atoms with Gasteiger partial charge in [0.25, 0.3) is 0 Å². The van der Waals surface area contributed by atoms with Crippen molar-refractivity contribution in [1.82, 2.24) is 6.15 Å². The molecular weight excluding hydrogens is 221 g/mol. The third-order valence-electron chi connectivity index (χ3n) is 0. The quantitative estimate of drug-likeness (QED) is 0.584. The Morgan fingerprint density at radius 3 is 1.00 bits per heavy atom. The van der Waals surface area contributed by atoms with Crippen LogP contribution in [0, 0.1) is 0 Å². The van der Waals surface area contributed by atoms with Gasteiger partial charge in [0.2, 0.25) is 0 Å². The van der Waals surface area contributed by atoms with Crippen LogP contribution in [0.2, 0.25) is 0 Å². The standard InChI is InChI=1S/Cu.Mo.H3N.Ti/h;;1H3;. The fourth-order valence-corrected chi connectivity index (χ4v) is 0. The molecule has 0 aromatic carbocycles. The minimum atomic E-state index is 0. The van der Waals surface area contributed by atoms with E-state index in [0.29, 0.717) is 0 Å². The molecule has 4 heavy (non-hydrogen) atoms. The number of hydrogen-bond donors (Lipinski definition) is 1. The number of hydrogen-bond acceptors (Lipinski definition) is 1. The van der Waals surface area contributed by atoms with Crippen molar-refractivity contribution >= 4 is 0 Å². The fraction of sp³-hybridized carbons (Fsp3) is 0. The molecule has 3 N–H and O–H groups in total. The monoisotopic (exact) mass is 226 g/mol. The smallest absolute Gasteiger partial charge is 0 e. The second kappa shape index (κ2) is 20.8. The summed E-state index contributed by atoms with van der Waals surface area (Å²) in [5.41, 5.74) is 0. The first-order valence-electron chi connectivity index (χ1n) is 0. The van der Waals surface area contributed by atoms with Crippen molar-refractivity contribution in [3.05, 3.63) is 0 Å². The Hall–Kier alpha value is 1.88. The second-order valence-electron chi connectivity index (χ2n) is 0. The van der Waals surface area contributed by atoms with Gasteiger partial charge in [0.1, 0.15) is 0 Å².